The van der Waals surface area contributed by atoms with Gasteiger partial charge in [0.05, 0.1) is 6.10 Å². The third-order valence-electron chi connectivity index (χ3n) is 7.15. The molecule has 2 fully saturated rings. The molecule has 0 heterocycles. The van der Waals surface area contributed by atoms with Gasteiger partial charge >= 0.3 is 0 Å². The molecule has 0 spiro atoms. The van der Waals surface area contributed by atoms with Crippen molar-refractivity contribution in [2.75, 3.05) is 0 Å². The van der Waals surface area contributed by atoms with Gasteiger partial charge in [-0.2, -0.15) is 0 Å². The molecule has 6 atom stereocenters. The molecule has 0 saturated heterocycles. The van der Waals surface area contributed by atoms with Gasteiger partial charge in [-0.05, 0) is 73.1 Å². The molecule has 0 bridgehead atoms. The van der Waals surface area contributed by atoms with Gasteiger partial charge in [-0.25, -0.2) is 0 Å². The molecule has 1 aromatic carbocycles. The van der Waals surface area contributed by atoms with E-state index in [1.807, 2.05) is 6.07 Å². The van der Waals surface area contributed by atoms with Crippen LogP contribution in [0.2, 0.25) is 0 Å². The lowest BCUT2D eigenvalue weighted by Crippen LogP contribution is -2.53. The summed E-state index contributed by atoms with van der Waals surface area (Å²) in [5, 5.41) is 31.1. The van der Waals surface area contributed by atoms with Crippen molar-refractivity contribution in [2.45, 2.75) is 56.7 Å². The minimum Gasteiger partial charge on any atom is -0.508 e. The maximum atomic E-state index is 10.9. The van der Waals surface area contributed by atoms with E-state index in [0.717, 1.165) is 25.7 Å². The summed E-state index contributed by atoms with van der Waals surface area (Å²) in [6, 6.07) is 5.72. The van der Waals surface area contributed by atoms with Crippen LogP contribution in [0.3, 0.4) is 0 Å². The summed E-state index contributed by atoms with van der Waals surface area (Å²) in [6.07, 6.45) is 9.17. The molecule has 0 unspecified atom stereocenters. The standard InChI is InChI=1S/C20H24O3/c1-3-20(23)18(22)11-17-16-6-4-12-10-13(21)5-7-14(12)15(16)8-9-19(17,20)2/h1,5,7,10,15-18,21-23H,4,6,8-9,11H2,2H3/t15-,16-,17+,18-,19+,20+/m0/s1. The van der Waals surface area contributed by atoms with Crippen LogP contribution >= 0.6 is 0 Å². The predicted octanol–water partition coefficient (Wildman–Crippen LogP) is 2.58. The quantitative estimate of drug-likeness (QED) is 0.645. The third kappa shape index (κ3) is 1.80. The number of aliphatic hydroxyl groups excluding tert-OH is 1. The number of aryl methyl sites for hydroxylation is 1. The minimum absolute atomic E-state index is 0.249. The van der Waals surface area contributed by atoms with Crippen molar-refractivity contribution in [1.29, 1.82) is 0 Å². The van der Waals surface area contributed by atoms with E-state index in [-0.39, 0.29) is 5.92 Å². The van der Waals surface area contributed by atoms with Crippen LogP contribution in [0.25, 0.3) is 0 Å². The van der Waals surface area contributed by atoms with Crippen LogP contribution < -0.4 is 0 Å². The zero-order chi connectivity index (χ0) is 16.4. The number of aromatic hydroxyl groups is 1. The van der Waals surface area contributed by atoms with E-state index < -0.39 is 17.1 Å². The largest absolute Gasteiger partial charge is 0.508 e. The van der Waals surface area contributed by atoms with Crippen LogP contribution in [-0.2, 0) is 6.42 Å². The van der Waals surface area contributed by atoms with Crippen molar-refractivity contribution in [3.8, 4) is 18.1 Å². The molecule has 3 aliphatic rings. The minimum atomic E-state index is -1.40. The number of rotatable bonds is 0. The highest BCUT2D eigenvalue weighted by molar-refractivity contribution is 5.41. The number of hydrogen-bond acceptors (Lipinski definition) is 3. The molecule has 3 nitrogen and oxygen atoms in total. The molecule has 0 aliphatic heterocycles. The third-order valence-corrected chi connectivity index (χ3v) is 7.15. The predicted molar refractivity (Wildman–Crippen MR) is 87.9 cm³/mol. The number of hydrogen-bond donors (Lipinski definition) is 3. The second kappa shape index (κ2) is 4.75. The Hall–Kier alpha value is -1.50. The highest BCUT2D eigenvalue weighted by atomic mass is 16.3. The number of fused-ring (bicyclic) bond motifs is 5. The summed E-state index contributed by atoms with van der Waals surface area (Å²) in [5.74, 6) is 4.00. The molecule has 23 heavy (non-hydrogen) atoms. The maximum Gasteiger partial charge on any atom is 0.156 e. The molecular formula is C20H24O3. The fourth-order valence-corrected chi connectivity index (χ4v) is 5.85. The Morgan fingerprint density at radius 3 is 2.83 bits per heavy atom. The van der Waals surface area contributed by atoms with E-state index >= 15 is 0 Å². The lowest BCUT2D eigenvalue weighted by molar-refractivity contribution is -0.101. The van der Waals surface area contributed by atoms with Gasteiger partial charge in [0.25, 0.3) is 0 Å². The summed E-state index contributed by atoms with van der Waals surface area (Å²) >= 11 is 0. The molecule has 2 saturated carbocycles. The monoisotopic (exact) mass is 312 g/mol. The summed E-state index contributed by atoms with van der Waals surface area (Å²) < 4.78 is 0. The molecule has 0 aromatic heterocycles. The zero-order valence-electron chi connectivity index (χ0n) is 13.5. The normalized spacial score (nSPS) is 44.8. The molecule has 3 aliphatic carbocycles. The fraction of sp³-hybridized carbons (Fsp3) is 0.600. The van der Waals surface area contributed by atoms with Gasteiger partial charge in [0.1, 0.15) is 5.75 Å². The van der Waals surface area contributed by atoms with E-state index in [0.29, 0.717) is 24.0 Å². The zero-order valence-corrected chi connectivity index (χ0v) is 13.5. The highest BCUT2D eigenvalue weighted by Crippen LogP contribution is 2.64. The van der Waals surface area contributed by atoms with Gasteiger partial charge in [0, 0.05) is 5.41 Å². The Balaban J connectivity index is 1.74. The maximum absolute atomic E-state index is 10.9. The van der Waals surface area contributed by atoms with Crippen LogP contribution in [0.5, 0.6) is 5.75 Å². The first kappa shape index (κ1) is 15.1. The Morgan fingerprint density at radius 2 is 2.09 bits per heavy atom. The lowest BCUT2D eigenvalue weighted by atomic mass is 9.53. The fourth-order valence-electron chi connectivity index (χ4n) is 5.85. The van der Waals surface area contributed by atoms with E-state index in [4.69, 9.17) is 6.42 Å². The Morgan fingerprint density at radius 1 is 1.30 bits per heavy atom. The van der Waals surface area contributed by atoms with Crippen LogP contribution in [-0.4, -0.2) is 27.0 Å². The Kier molecular flexibility index (Phi) is 3.11. The van der Waals surface area contributed by atoms with E-state index in [2.05, 4.69) is 18.9 Å². The summed E-state index contributed by atoms with van der Waals surface area (Å²) in [4.78, 5) is 0. The molecule has 0 amide bonds. The summed E-state index contributed by atoms with van der Waals surface area (Å²) in [6.45, 7) is 2.07. The van der Waals surface area contributed by atoms with Crippen molar-refractivity contribution in [2.24, 2.45) is 17.3 Å². The summed E-state index contributed by atoms with van der Waals surface area (Å²) in [7, 11) is 0. The first-order valence-corrected chi connectivity index (χ1v) is 8.60. The van der Waals surface area contributed by atoms with Crippen molar-refractivity contribution in [1.82, 2.24) is 0 Å². The van der Waals surface area contributed by atoms with Crippen LogP contribution in [0.15, 0.2) is 18.2 Å². The number of phenols is 1. The average Bonchev–Trinajstić information content (AvgIpc) is 2.75. The average molecular weight is 312 g/mol. The van der Waals surface area contributed by atoms with Crippen LogP contribution in [0, 0.1) is 29.6 Å². The molecular weight excluding hydrogens is 288 g/mol. The lowest BCUT2D eigenvalue weighted by Gasteiger charge is -2.51. The number of terminal acetylenes is 1. The number of phenolic OH excluding ortho intramolecular Hbond substituents is 1. The van der Waals surface area contributed by atoms with Gasteiger partial charge in [-0.15, -0.1) is 6.42 Å². The van der Waals surface area contributed by atoms with Gasteiger partial charge in [0.15, 0.2) is 5.60 Å². The molecule has 3 N–H and O–H groups in total. The van der Waals surface area contributed by atoms with Gasteiger partial charge in [-0.1, -0.05) is 18.9 Å². The van der Waals surface area contributed by atoms with Gasteiger partial charge in [0.2, 0.25) is 0 Å². The number of benzene rings is 1. The number of aliphatic hydroxyl groups is 2. The van der Waals surface area contributed by atoms with Crippen molar-refractivity contribution in [3.05, 3.63) is 29.3 Å². The molecule has 4 rings (SSSR count). The second-order valence-electron chi connectivity index (χ2n) is 7.92. The Labute approximate surface area is 137 Å². The second-order valence-corrected chi connectivity index (χ2v) is 7.92. The van der Waals surface area contributed by atoms with Crippen molar-refractivity contribution in [3.63, 3.8) is 0 Å². The van der Waals surface area contributed by atoms with Crippen molar-refractivity contribution >= 4 is 0 Å². The van der Waals surface area contributed by atoms with Crippen LogP contribution in [0.4, 0.5) is 0 Å². The molecule has 0 radical (unpaired) electrons. The molecule has 122 valence electrons. The SMILES string of the molecule is C#C[C@@]1(O)[C@@H](O)C[C@@H]2[C@H]3CCc4cc(O)ccc4[C@@H]3CC[C@]21C. The van der Waals surface area contributed by atoms with Gasteiger partial charge in [-0.3, -0.25) is 0 Å². The molecule has 3 heteroatoms. The van der Waals surface area contributed by atoms with Crippen molar-refractivity contribution < 1.29 is 15.3 Å². The first-order chi connectivity index (χ1) is 10.9. The smallest absolute Gasteiger partial charge is 0.156 e. The Bertz CT molecular complexity index is 691. The first-order valence-electron chi connectivity index (χ1n) is 8.60. The summed E-state index contributed by atoms with van der Waals surface area (Å²) in [5.41, 5.74) is 0.779. The van der Waals surface area contributed by atoms with E-state index in [9.17, 15) is 15.3 Å². The van der Waals surface area contributed by atoms with Crippen LogP contribution in [0.1, 0.15) is 49.7 Å². The van der Waals surface area contributed by atoms with E-state index in [1.54, 1.807) is 6.07 Å². The van der Waals surface area contributed by atoms with E-state index in [1.165, 1.54) is 11.1 Å². The highest BCUT2D eigenvalue weighted by Gasteiger charge is 2.65. The topological polar surface area (TPSA) is 60.7 Å². The molecule has 1 aromatic rings. The van der Waals surface area contributed by atoms with Gasteiger partial charge < -0.3 is 15.3 Å².